The Morgan fingerprint density at radius 2 is 1.11 bits per heavy atom. The van der Waals surface area contributed by atoms with E-state index in [9.17, 15) is 0 Å². The fraction of sp³-hybridized carbons (Fsp3) is 0.500. The van der Waals surface area contributed by atoms with Crippen molar-refractivity contribution in [1.82, 2.24) is 0 Å². The van der Waals surface area contributed by atoms with E-state index in [4.69, 9.17) is 4.74 Å². The largest absolute Gasteiger partial charge is 0.494 e. The first-order chi connectivity index (χ1) is 13.4. The number of azo groups is 1. The smallest absolute Gasteiger partial charge is 0.119 e. The summed E-state index contributed by atoms with van der Waals surface area (Å²) >= 11 is 0. The molecule has 2 rings (SSSR count). The highest BCUT2D eigenvalue weighted by molar-refractivity contribution is 5.42. The van der Waals surface area contributed by atoms with Crippen LogP contribution >= 0.6 is 0 Å². The molecule has 0 heterocycles. The van der Waals surface area contributed by atoms with Crippen molar-refractivity contribution in [3.8, 4) is 5.75 Å². The number of nitrogens with zero attached hydrogens (tertiary/aromatic N) is 2. The van der Waals surface area contributed by atoms with Gasteiger partial charge in [0.25, 0.3) is 0 Å². The van der Waals surface area contributed by atoms with Gasteiger partial charge >= 0.3 is 0 Å². The Balaban J connectivity index is 1.52. The summed E-state index contributed by atoms with van der Waals surface area (Å²) in [5, 5.41) is 8.47. The minimum absolute atomic E-state index is 0.793. The van der Waals surface area contributed by atoms with Gasteiger partial charge in [0, 0.05) is 0 Å². The van der Waals surface area contributed by atoms with Crippen LogP contribution in [0.1, 0.15) is 71.1 Å². The predicted molar refractivity (Wildman–Crippen MR) is 114 cm³/mol. The van der Waals surface area contributed by atoms with Crippen molar-refractivity contribution in [2.45, 2.75) is 71.1 Å². The van der Waals surface area contributed by atoms with Crippen molar-refractivity contribution in [1.29, 1.82) is 0 Å². The summed E-state index contributed by atoms with van der Waals surface area (Å²) in [5.74, 6) is 0.907. The van der Waals surface area contributed by atoms with Gasteiger partial charge in [0.15, 0.2) is 0 Å². The lowest BCUT2D eigenvalue weighted by atomic mass is 10.1. The zero-order valence-electron chi connectivity index (χ0n) is 16.8. The molecule has 0 aliphatic heterocycles. The molecule has 0 aromatic heterocycles. The maximum atomic E-state index is 5.82. The Morgan fingerprint density at radius 3 is 1.70 bits per heavy atom. The van der Waals surface area contributed by atoms with E-state index in [-0.39, 0.29) is 0 Å². The van der Waals surface area contributed by atoms with Crippen LogP contribution in [0.3, 0.4) is 0 Å². The normalized spacial score (nSPS) is 11.1. The van der Waals surface area contributed by atoms with Crippen LogP contribution in [0.4, 0.5) is 11.4 Å². The minimum Gasteiger partial charge on any atom is -0.494 e. The predicted octanol–water partition coefficient (Wildman–Crippen LogP) is 8.40. The van der Waals surface area contributed by atoms with Gasteiger partial charge in [-0.05, 0) is 42.8 Å². The zero-order chi connectivity index (χ0) is 19.0. The van der Waals surface area contributed by atoms with E-state index in [0.29, 0.717) is 0 Å². The summed E-state index contributed by atoms with van der Waals surface area (Å²) in [4.78, 5) is 0. The Morgan fingerprint density at radius 1 is 0.593 bits per heavy atom. The molecule has 0 amide bonds. The molecule has 2 aromatic rings. The fourth-order valence-corrected chi connectivity index (χ4v) is 3.00. The molecule has 0 aliphatic carbocycles. The summed E-state index contributed by atoms with van der Waals surface area (Å²) in [6.07, 6.45) is 13.4. The highest BCUT2D eigenvalue weighted by Crippen LogP contribution is 2.21. The SMILES string of the molecule is CCCCCCCCCCCCOc1ccc(N=Nc2ccccc2)cc1. The number of unbranched alkanes of at least 4 members (excludes halogenated alkanes) is 9. The number of hydrogen-bond acceptors (Lipinski definition) is 3. The van der Waals surface area contributed by atoms with Crippen molar-refractivity contribution in [3.63, 3.8) is 0 Å². The lowest BCUT2D eigenvalue weighted by Crippen LogP contribution is -1.96. The summed E-state index contributed by atoms with van der Waals surface area (Å²) in [6, 6.07) is 17.6. The van der Waals surface area contributed by atoms with Crippen LogP contribution in [0.5, 0.6) is 5.75 Å². The third-order valence-electron chi connectivity index (χ3n) is 4.64. The molecular weight excluding hydrogens is 332 g/mol. The number of hydrogen-bond donors (Lipinski definition) is 0. The highest BCUT2D eigenvalue weighted by Gasteiger charge is 1.96. The van der Waals surface area contributed by atoms with Gasteiger partial charge in [-0.2, -0.15) is 10.2 Å². The molecule has 0 fully saturated rings. The van der Waals surface area contributed by atoms with Gasteiger partial charge in [0.2, 0.25) is 0 Å². The molecule has 0 unspecified atom stereocenters. The molecule has 0 spiro atoms. The van der Waals surface area contributed by atoms with Crippen molar-refractivity contribution >= 4 is 11.4 Å². The molecule has 0 saturated carbocycles. The van der Waals surface area contributed by atoms with E-state index in [1.165, 1.54) is 57.8 Å². The van der Waals surface area contributed by atoms with Crippen molar-refractivity contribution in [3.05, 3.63) is 54.6 Å². The molecule has 0 saturated heterocycles. The molecule has 27 heavy (non-hydrogen) atoms. The van der Waals surface area contributed by atoms with E-state index < -0.39 is 0 Å². The lowest BCUT2D eigenvalue weighted by molar-refractivity contribution is 0.304. The fourth-order valence-electron chi connectivity index (χ4n) is 3.00. The van der Waals surface area contributed by atoms with Crippen LogP contribution < -0.4 is 4.74 Å². The number of ether oxygens (including phenoxy) is 1. The van der Waals surface area contributed by atoms with Gasteiger partial charge in [-0.3, -0.25) is 0 Å². The molecule has 0 aliphatic rings. The first-order valence-corrected chi connectivity index (χ1v) is 10.6. The molecule has 0 N–H and O–H groups in total. The van der Waals surface area contributed by atoms with Crippen LogP contribution in [-0.4, -0.2) is 6.61 Å². The molecule has 146 valence electrons. The summed E-state index contributed by atoms with van der Waals surface area (Å²) in [5.41, 5.74) is 1.70. The van der Waals surface area contributed by atoms with E-state index in [0.717, 1.165) is 30.2 Å². The molecule has 3 nitrogen and oxygen atoms in total. The Hall–Kier alpha value is -2.16. The van der Waals surface area contributed by atoms with Gasteiger partial charge in [0.05, 0.1) is 18.0 Å². The Kier molecular flexibility index (Phi) is 10.9. The molecule has 0 atom stereocenters. The van der Waals surface area contributed by atoms with Crippen LogP contribution in [0.25, 0.3) is 0 Å². The van der Waals surface area contributed by atoms with Gasteiger partial charge in [0.1, 0.15) is 5.75 Å². The quantitative estimate of drug-likeness (QED) is 0.244. The summed E-state index contributed by atoms with van der Waals surface area (Å²) in [7, 11) is 0. The highest BCUT2D eigenvalue weighted by atomic mass is 16.5. The van der Waals surface area contributed by atoms with Crippen LogP contribution in [-0.2, 0) is 0 Å². The van der Waals surface area contributed by atoms with Crippen molar-refractivity contribution in [2.24, 2.45) is 10.2 Å². The van der Waals surface area contributed by atoms with Gasteiger partial charge in [-0.15, -0.1) is 0 Å². The number of rotatable bonds is 14. The molecule has 2 aromatic carbocycles. The first-order valence-electron chi connectivity index (χ1n) is 10.6. The molecular formula is C24H34N2O. The van der Waals surface area contributed by atoms with Crippen molar-refractivity contribution < 1.29 is 4.74 Å². The van der Waals surface area contributed by atoms with Gasteiger partial charge in [-0.25, -0.2) is 0 Å². The van der Waals surface area contributed by atoms with Gasteiger partial charge < -0.3 is 4.74 Å². The maximum Gasteiger partial charge on any atom is 0.119 e. The van der Waals surface area contributed by atoms with E-state index >= 15 is 0 Å². The second-order valence-corrected chi connectivity index (χ2v) is 7.06. The van der Waals surface area contributed by atoms with Crippen molar-refractivity contribution in [2.75, 3.05) is 6.61 Å². The van der Waals surface area contributed by atoms with Crippen LogP contribution in [0.2, 0.25) is 0 Å². The van der Waals surface area contributed by atoms with Crippen LogP contribution in [0.15, 0.2) is 64.8 Å². The lowest BCUT2D eigenvalue weighted by Gasteiger charge is -2.06. The maximum absolute atomic E-state index is 5.82. The molecule has 0 bridgehead atoms. The van der Waals surface area contributed by atoms with E-state index in [2.05, 4.69) is 17.2 Å². The number of benzene rings is 2. The summed E-state index contributed by atoms with van der Waals surface area (Å²) < 4.78 is 5.82. The average molecular weight is 367 g/mol. The first kappa shape index (κ1) is 21.1. The third-order valence-corrected chi connectivity index (χ3v) is 4.64. The minimum atomic E-state index is 0.793. The zero-order valence-corrected chi connectivity index (χ0v) is 16.8. The van der Waals surface area contributed by atoms with E-state index in [1.54, 1.807) is 0 Å². The monoisotopic (exact) mass is 366 g/mol. The second-order valence-electron chi connectivity index (χ2n) is 7.06. The van der Waals surface area contributed by atoms with E-state index in [1.807, 2.05) is 54.6 Å². The van der Waals surface area contributed by atoms with Gasteiger partial charge in [-0.1, -0.05) is 82.9 Å². The summed E-state index contributed by atoms with van der Waals surface area (Å²) in [6.45, 7) is 3.06. The molecule has 3 heteroatoms. The Labute approximate surface area is 164 Å². The third kappa shape index (κ3) is 9.93. The standard InChI is InChI=1S/C24H34N2O/c1-2-3-4-5-6-7-8-9-10-14-21-27-24-19-17-23(18-20-24)26-25-22-15-12-11-13-16-22/h11-13,15-20H,2-10,14,21H2,1H3. The molecule has 0 radical (unpaired) electrons. The average Bonchev–Trinajstić information content (AvgIpc) is 2.72. The Bertz CT molecular complexity index is 623. The second kappa shape index (κ2) is 14.0. The van der Waals surface area contributed by atoms with Crippen LogP contribution in [0, 0.1) is 0 Å². The topological polar surface area (TPSA) is 34.0 Å².